The van der Waals surface area contributed by atoms with Gasteiger partial charge in [-0.15, -0.1) is 10.2 Å². The number of ether oxygens (including phenoxy) is 1. The number of hydrogen-bond donors (Lipinski definition) is 0. The highest BCUT2D eigenvalue weighted by Crippen LogP contribution is 2.39. The van der Waals surface area contributed by atoms with Crippen LogP contribution in [0.1, 0.15) is 36.2 Å². The van der Waals surface area contributed by atoms with E-state index in [1.807, 2.05) is 47.4 Å². The first-order valence-corrected chi connectivity index (χ1v) is 11.9. The van der Waals surface area contributed by atoms with Crippen LogP contribution in [0, 0.1) is 25.5 Å². The SMILES string of the molecule is CCC(c1cc(F)c(C)c(F)c1)n1cc(Cl)cc2c(-c3ccc(-n4cnc(C)c4)c(OC)c3)nnc1-2. The lowest BCUT2D eigenvalue weighted by Gasteiger charge is -2.23. The minimum absolute atomic E-state index is 0.00604. The highest BCUT2D eigenvalue weighted by atomic mass is 35.5. The van der Waals surface area contributed by atoms with Crippen molar-refractivity contribution in [2.75, 3.05) is 7.11 Å². The van der Waals surface area contributed by atoms with Gasteiger partial charge in [-0.3, -0.25) is 0 Å². The van der Waals surface area contributed by atoms with Gasteiger partial charge in [0.15, 0.2) is 5.82 Å². The number of hydrogen-bond acceptors (Lipinski definition) is 4. The van der Waals surface area contributed by atoms with Crippen molar-refractivity contribution in [3.05, 3.63) is 88.6 Å². The summed E-state index contributed by atoms with van der Waals surface area (Å²) in [6.45, 7) is 5.28. The molecule has 3 aromatic rings. The van der Waals surface area contributed by atoms with E-state index in [4.69, 9.17) is 16.3 Å². The number of nitrogens with zero attached hydrogens (tertiary/aromatic N) is 5. The molecule has 2 aromatic carbocycles. The molecular formula is C27H24ClF2N5O. The highest BCUT2D eigenvalue weighted by molar-refractivity contribution is 6.30. The minimum Gasteiger partial charge on any atom is -0.495 e. The first kappa shape index (κ1) is 23.9. The third-order valence-corrected chi connectivity index (χ3v) is 6.59. The van der Waals surface area contributed by atoms with Crippen molar-refractivity contribution in [3.63, 3.8) is 0 Å². The second kappa shape index (κ2) is 9.35. The maximum absolute atomic E-state index is 14.4. The number of aromatic nitrogens is 5. The van der Waals surface area contributed by atoms with Crippen LogP contribution < -0.4 is 4.74 Å². The molecule has 0 amide bonds. The van der Waals surface area contributed by atoms with Crippen molar-refractivity contribution in [2.24, 2.45) is 0 Å². The Balaban J connectivity index is 1.59. The summed E-state index contributed by atoms with van der Waals surface area (Å²) in [5.74, 6) is 0.0395. The number of pyridine rings is 1. The number of benzene rings is 2. The zero-order valence-corrected chi connectivity index (χ0v) is 21.0. The molecule has 3 heterocycles. The van der Waals surface area contributed by atoms with Crippen LogP contribution in [0.4, 0.5) is 8.78 Å². The summed E-state index contributed by atoms with van der Waals surface area (Å²) in [4.78, 5) is 4.29. The normalized spacial score (nSPS) is 12.3. The predicted octanol–water partition coefficient (Wildman–Crippen LogP) is 6.79. The molecule has 0 radical (unpaired) electrons. The fourth-order valence-electron chi connectivity index (χ4n) is 4.50. The molecule has 2 aliphatic rings. The Morgan fingerprint density at radius 1 is 1.03 bits per heavy atom. The zero-order valence-electron chi connectivity index (χ0n) is 20.3. The van der Waals surface area contributed by atoms with Crippen molar-refractivity contribution in [3.8, 4) is 34.1 Å². The second-order valence-electron chi connectivity index (χ2n) is 8.69. The molecular weight excluding hydrogens is 484 g/mol. The number of rotatable bonds is 6. The van der Waals surface area contributed by atoms with Gasteiger partial charge in [0.25, 0.3) is 0 Å². The number of imidazole rings is 1. The van der Waals surface area contributed by atoms with Gasteiger partial charge in [-0.2, -0.15) is 0 Å². The van der Waals surface area contributed by atoms with Gasteiger partial charge in [0.2, 0.25) is 0 Å². The Hall–Kier alpha value is -3.78. The molecule has 0 bridgehead atoms. The number of aryl methyl sites for hydroxylation is 1. The van der Waals surface area contributed by atoms with Gasteiger partial charge < -0.3 is 13.9 Å². The first-order valence-electron chi connectivity index (χ1n) is 11.5. The number of fused-ring (bicyclic) bond motifs is 1. The summed E-state index contributed by atoms with van der Waals surface area (Å²) in [7, 11) is 1.61. The molecule has 2 aliphatic heterocycles. The van der Waals surface area contributed by atoms with E-state index < -0.39 is 11.6 Å². The summed E-state index contributed by atoms with van der Waals surface area (Å²) < 4.78 is 38.1. The van der Waals surface area contributed by atoms with E-state index >= 15 is 0 Å². The average Bonchev–Trinajstić information content (AvgIpc) is 3.48. The van der Waals surface area contributed by atoms with Crippen molar-refractivity contribution < 1.29 is 13.5 Å². The summed E-state index contributed by atoms with van der Waals surface area (Å²) in [5, 5.41) is 9.36. The zero-order chi connectivity index (χ0) is 25.6. The minimum atomic E-state index is -0.586. The lowest BCUT2D eigenvalue weighted by Crippen LogP contribution is -2.14. The van der Waals surface area contributed by atoms with E-state index in [9.17, 15) is 8.78 Å². The maximum atomic E-state index is 14.4. The van der Waals surface area contributed by atoms with Crippen LogP contribution >= 0.6 is 11.6 Å². The second-order valence-corrected chi connectivity index (χ2v) is 9.13. The van der Waals surface area contributed by atoms with Crippen LogP contribution in [-0.4, -0.2) is 31.4 Å². The number of methoxy groups -OCH3 is 1. The summed E-state index contributed by atoms with van der Waals surface area (Å²) in [5.41, 5.74) is 4.38. The molecule has 184 valence electrons. The van der Waals surface area contributed by atoms with Crippen LogP contribution in [0.5, 0.6) is 5.75 Å². The summed E-state index contributed by atoms with van der Waals surface area (Å²) in [6, 6.07) is 9.90. The van der Waals surface area contributed by atoms with Crippen LogP contribution in [0.2, 0.25) is 5.02 Å². The largest absolute Gasteiger partial charge is 0.495 e. The Labute approximate surface area is 212 Å². The Morgan fingerprint density at radius 2 is 1.78 bits per heavy atom. The monoisotopic (exact) mass is 507 g/mol. The summed E-state index contributed by atoms with van der Waals surface area (Å²) >= 11 is 6.52. The molecule has 1 unspecified atom stereocenters. The van der Waals surface area contributed by atoms with Crippen molar-refractivity contribution in [1.82, 2.24) is 24.3 Å². The average molecular weight is 508 g/mol. The van der Waals surface area contributed by atoms with Crippen LogP contribution in [0.25, 0.3) is 28.3 Å². The molecule has 0 spiro atoms. The van der Waals surface area contributed by atoms with Gasteiger partial charge in [-0.25, -0.2) is 13.8 Å². The quantitative estimate of drug-likeness (QED) is 0.254. The fraction of sp³-hybridized carbons (Fsp3) is 0.222. The smallest absolute Gasteiger partial charge is 0.165 e. The van der Waals surface area contributed by atoms with E-state index in [-0.39, 0.29) is 11.6 Å². The molecule has 0 saturated carbocycles. The predicted molar refractivity (Wildman–Crippen MR) is 135 cm³/mol. The van der Waals surface area contributed by atoms with Crippen LogP contribution in [-0.2, 0) is 0 Å². The molecule has 36 heavy (non-hydrogen) atoms. The van der Waals surface area contributed by atoms with E-state index in [0.717, 1.165) is 22.5 Å². The van der Waals surface area contributed by atoms with Crippen molar-refractivity contribution in [2.45, 2.75) is 33.2 Å². The Kier molecular flexibility index (Phi) is 6.22. The van der Waals surface area contributed by atoms with E-state index in [2.05, 4.69) is 15.2 Å². The first-order chi connectivity index (χ1) is 17.3. The summed E-state index contributed by atoms with van der Waals surface area (Å²) in [6.07, 6.45) is 5.93. The van der Waals surface area contributed by atoms with Gasteiger partial charge in [0, 0.05) is 29.1 Å². The van der Waals surface area contributed by atoms with Crippen LogP contribution in [0.3, 0.4) is 0 Å². The van der Waals surface area contributed by atoms with Gasteiger partial charge in [-0.05, 0) is 56.2 Å². The van der Waals surface area contributed by atoms with Crippen LogP contribution in [0.15, 0.2) is 55.1 Å². The molecule has 0 aliphatic carbocycles. The van der Waals surface area contributed by atoms with Crippen molar-refractivity contribution in [1.29, 1.82) is 0 Å². The molecule has 9 heteroatoms. The molecule has 6 nitrogen and oxygen atoms in total. The molecule has 0 saturated heterocycles. The number of halogens is 3. The highest BCUT2D eigenvalue weighted by Gasteiger charge is 2.25. The van der Waals surface area contributed by atoms with E-state index in [1.54, 1.807) is 25.7 Å². The standard InChI is InChI=1S/C27H24ClF2N5O/c1-5-23(18-8-21(29)16(3)22(30)9-18)35-13-19(28)11-20-26(32-33-27(20)35)17-6-7-24(25(10-17)36-4)34-12-15(2)31-14-34/h6-14,23H,5H2,1-4H3. The molecule has 0 fully saturated rings. The third kappa shape index (κ3) is 4.11. The molecule has 5 rings (SSSR count). The fourth-order valence-corrected chi connectivity index (χ4v) is 4.71. The lowest BCUT2D eigenvalue weighted by atomic mass is 10.00. The van der Waals surface area contributed by atoms with Gasteiger partial charge in [0.1, 0.15) is 23.1 Å². The van der Waals surface area contributed by atoms with Gasteiger partial charge in [0.05, 0.1) is 35.9 Å². The van der Waals surface area contributed by atoms with E-state index in [1.165, 1.54) is 19.1 Å². The molecule has 0 N–H and O–H groups in total. The third-order valence-electron chi connectivity index (χ3n) is 6.38. The van der Waals surface area contributed by atoms with Gasteiger partial charge >= 0.3 is 0 Å². The van der Waals surface area contributed by atoms with E-state index in [0.29, 0.717) is 34.3 Å². The maximum Gasteiger partial charge on any atom is 0.165 e. The van der Waals surface area contributed by atoms with Gasteiger partial charge in [-0.1, -0.05) is 24.6 Å². The molecule has 1 atom stereocenters. The topological polar surface area (TPSA) is 57.8 Å². The molecule has 1 aromatic heterocycles. The Morgan fingerprint density at radius 3 is 2.42 bits per heavy atom. The van der Waals surface area contributed by atoms with Crippen molar-refractivity contribution >= 4 is 11.6 Å². The Bertz CT molecular complexity index is 1520. The lowest BCUT2D eigenvalue weighted by molar-refractivity contribution is 0.413.